The van der Waals surface area contributed by atoms with E-state index < -0.39 is 23.8 Å². The molecule has 0 unspecified atom stereocenters. The van der Waals surface area contributed by atoms with Crippen LogP contribution in [0.2, 0.25) is 5.02 Å². The van der Waals surface area contributed by atoms with Crippen molar-refractivity contribution in [1.82, 2.24) is 20.1 Å². The van der Waals surface area contributed by atoms with Crippen LogP contribution in [0.3, 0.4) is 0 Å². The molecule has 14 nitrogen and oxygen atoms in total. The van der Waals surface area contributed by atoms with Gasteiger partial charge in [-0.1, -0.05) is 17.7 Å². The second kappa shape index (κ2) is 15.0. The molecular weight excluding hydrogens is 739 g/mol. The van der Waals surface area contributed by atoms with E-state index in [-0.39, 0.29) is 63.9 Å². The summed E-state index contributed by atoms with van der Waals surface area (Å²) in [6, 6.07) is 14.9. The van der Waals surface area contributed by atoms with Gasteiger partial charge in [0.2, 0.25) is 0 Å². The van der Waals surface area contributed by atoms with Crippen molar-refractivity contribution >= 4 is 52.4 Å². The van der Waals surface area contributed by atoms with E-state index in [1.54, 1.807) is 33.5 Å². The van der Waals surface area contributed by atoms with Crippen LogP contribution in [-0.2, 0) is 9.53 Å². The minimum Gasteiger partial charge on any atom is -0.478 e. The molecule has 2 N–H and O–H groups in total. The normalized spacial score (nSPS) is 18.3. The van der Waals surface area contributed by atoms with Crippen molar-refractivity contribution in [2.75, 3.05) is 44.7 Å². The summed E-state index contributed by atoms with van der Waals surface area (Å²) in [4.78, 5) is 53.2. The summed E-state index contributed by atoms with van der Waals surface area (Å²) in [5.74, 6) is -1.68. The quantitative estimate of drug-likeness (QED) is 0.210. The van der Waals surface area contributed by atoms with Gasteiger partial charge in [-0.3, -0.25) is 14.8 Å². The van der Waals surface area contributed by atoms with Crippen molar-refractivity contribution in [3.63, 3.8) is 0 Å². The molecule has 7 rings (SSSR count). The van der Waals surface area contributed by atoms with Crippen LogP contribution in [0.5, 0.6) is 11.5 Å². The number of nitrogens with zero attached hydrogens (tertiary/aromatic N) is 7. The SMILES string of the molecule is COC(=O)C1=C(CN2CCN3C(=O)N(c4cc(C#N)cc(Oc5ccc(C(=O)O)cc5C#N)c4)C[C@@H]3C2)NC(c2nccs2)=N[C@H]1c1ccc(F)cc1Cl. The maximum absolute atomic E-state index is 14.1. The predicted molar refractivity (Wildman–Crippen MR) is 194 cm³/mol. The number of ether oxygens (including phenoxy) is 2. The Hall–Kier alpha value is -6.33. The van der Waals surface area contributed by atoms with E-state index in [1.165, 1.54) is 54.8 Å². The highest BCUT2D eigenvalue weighted by atomic mass is 35.5. The number of amidine groups is 1. The van der Waals surface area contributed by atoms with Gasteiger partial charge in [0.25, 0.3) is 0 Å². The molecule has 54 heavy (non-hydrogen) atoms. The number of piperazine rings is 1. The lowest BCUT2D eigenvalue weighted by atomic mass is 9.95. The Balaban J connectivity index is 1.14. The molecule has 17 heteroatoms. The largest absolute Gasteiger partial charge is 0.478 e. The Morgan fingerprint density at radius 1 is 1.11 bits per heavy atom. The van der Waals surface area contributed by atoms with Gasteiger partial charge in [0.1, 0.15) is 29.4 Å². The number of methoxy groups -OCH3 is 1. The van der Waals surface area contributed by atoms with Crippen molar-refractivity contribution in [3.05, 3.63) is 116 Å². The van der Waals surface area contributed by atoms with Crippen LogP contribution >= 0.6 is 22.9 Å². The number of esters is 1. The fourth-order valence-electron chi connectivity index (χ4n) is 6.65. The van der Waals surface area contributed by atoms with Gasteiger partial charge in [-0.05, 0) is 42.5 Å². The first-order valence-corrected chi connectivity index (χ1v) is 17.6. The van der Waals surface area contributed by atoms with E-state index in [0.717, 1.165) is 6.07 Å². The number of benzene rings is 3. The molecule has 0 bridgehead atoms. The number of carboxylic acid groups (broad SMARTS) is 1. The number of aromatic carboxylic acids is 1. The zero-order valence-electron chi connectivity index (χ0n) is 28.3. The molecule has 2 fully saturated rings. The predicted octanol–water partition coefficient (Wildman–Crippen LogP) is 5.31. The number of hydrogen-bond donors (Lipinski definition) is 2. The Morgan fingerprint density at radius 2 is 1.94 bits per heavy atom. The number of carboxylic acids is 1. The van der Waals surface area contributed by atoms with Gasteiger partial charge in [-0.25, -0.2) is 23.8 Å². The number of fused-ring (bicyclic) bond motifs is 1. The molecule has 2 amide bonds. The number of hydrogen-bond acceptors (Lipinski definition) is 12. The molecule has 4 heterocycles. The number of anilines is 1. The molecule has 2 atom stereocenters. The number of aromatic nitrogens is 1. The number of urea groups is 1. The molecule has 0 saturated carbocycles. The van der Waals surface area contributed by atoms with Gasteiger partial charge in [0, 0.05) is 66.7 Å². The van der Waals surface area contributed by atoms with Crippen LogP contribution < -0.4 is 15.0 Å². The van der Waals surface area contributed by atoms with Crippen LogP contribution in [0.25, 0.3) is 0 Å². The Labute approximate surface area is 316 Å². The number of amides is 2. The van der Waals surface area contributed by atoms with Crippen LogP contribution in [0.1, 0.15) is 38.1 Å². The molecule has 272 valence electrons. The number of carbonyl (C=O) groups excluding carboxylic acids is 2. The first-order valence-electron chi connectivity index (χ1n) is 16.4. The molecule has 0 spiro atoms. The second-order valence-electron chi connectivity index (χ2n) is 12.4. The third kappa shape index (κ3) is 7.05. The van der Waals surface area contributed by atoms with Crippen LogP contribution in [-0.4, -0.2) is 89.6 Å². The lowest BCUT2D eigenvalue weighted by molar-refractivity contribution is -0.136. The molecule has 3 aromatic carbocycles. The summed E-state index contributed by atoms with van der Waals surface area (Å²) in [5.41, 5.74) is 1.64. The maximum Gasteiger partial charge on any atom is 0.338 e. The number of nitriles is 2. The third-order valence-corrected chi connectivity index (χ3v) is 10.3. The molecule has 1 aromatic heterocycles. The van der Waals surface area contributed by atoms with Gasteiger partial charge in [0.15, 0.2) is 10.8 Å². The number of aliphatic imine (C=N–C) groups is 1. The average molecular weight is 767 g/mol. The van der Waals surface area contributed by atoms with Crippen molar-refractivity contribution in [3.8, 4) is 23.6 Å². The Kier molecular flexibility index (Phi) is 9.98. The highest BCUT2D eigenvalue weighted by Gasteiger charge is 2.42. The van der Waals surface area contributed by atoms with Gasteiger partial charge in [-0.15, -0.1) is 11.3 Å². The van der Waals surface area contributed by atoms with Crippen LogP contribution in [0.4, 0.5) is 14.9 Å². The third-order valence-electron chi connectivity index (χ3n) is 9.15. The molecule has 4 aromatic rings. The lowest BCUT2D eigenvalue weighted by Gasteiger charge is -2.38. The summed E-state index contributed by atoms with van der Waals surface area (Å²) in [6.07, 6.45) is 1.63. The fraction of sp³-hybridized carbons (Fsp3) is 0.216. The first-order chi connectivity index (χ1) is 26.1. The molecule has 0 aliphatic carbocycles. The molecule has 2 saturated heterocycles. The minimum atomic E-state index is -1.20. The van der Waals surface area contributed by atoms with Gasteiger partial charge >= 0.3 is 18.0 Å². The molecule has 3 aliphatic heterocycles. The van der Waals surface area contributed by atoms with E-state index >= 15 is 0 Å². The molecule has 0 radical (unpaired) electrons. The Bertz CT molecular complexity index is 2340. The summed E-state index contributed by atoms with van der Waals surface area (Å²) < 4.78 is 25.2. The van der Waals surface area contributed by atoms with E-state index in [4.69, 9.17) is 26.1 Å². The molecule has 3 aliphatic rings. The maximum atomic E-state index is 14.1. The van der Waals surface area contributed by atoms with E-state index in [1.807, 2.05) is 6.07 Å². The van der Waals surface area contributed by atoms with Crippen LogP contribution in [0.15, 0.2) is 82.4 Å². The van der Waals surface area contributed by atoms with Gasteiger partial charge in [0.05, 0.1) is 47.2 Å². The second-order valence-corrected chi connectivity index (χ2v) is 13.7. The van der Waals surface area contributed by atoms with Gasteiger partial charge in [-0.2, -0.15) is 10.5 Å². The van der Waals surface area contributed by atoms with E-state index in [2.05, 4.69) is 21.3 Å². The fourth-order valence-corrected chi connectivity index (χ4v) is 7.51. The zero-order chi connectivity index (χ0) is 38.1. The van der Waals surface area contributed by atoms with Crippen molar-refractivity contribution < 1.29 is 33.4 Å². The van der Waals surface area contributed by atoms with Crippen molar-refractivity contribution in [2.24, 2.45) is 4.99 Å². The number of nitrogens with one attached hydrogen (secondary N) is 1. The highest BCUT2D eigenvalue weighted by Crippen LogP contribution is 2.38. The monoisotopic (exact) mass is 766 g/mol. The number of thiazole rings is 1. The molecular formula is C37H28ClFN8O6S. The zero-order valence-corrected chi connectivity index (χ0v) is 29.9. The van der Waals surface area contributed by atoms with E-state index in [9.17, 15) is 34.4 Å². The summed E-state index contributed by atoms with van der Waals surface area (Å²) >= 11 is 7.85. The van der Waals surface area contributed by atoms with Crippen LogP contribution in [0, 0.1) is 28.5 Å². The van der Waals surface area contributed by atoms with Gasteiger partial charge < -0.3 is 24.8 Å². The smallest absolute Gasteiger partial charge is 0.338 e. The number of halogens is 2. The number of rotatable bonds is 9. The summed E-state index contributed by atoms with van der Waals surface area (Å²) in [6.45, 7) is 1.76. The minimum absolute atomic E-state index is 0.0108. The number of carbonyl (C=O) groups is 3. The standard InChI is InChI=1S/C37H28ClFN8O6S/c1-52-36(50)31-29(43-33(34-42-6-9-54-34)44-32(31)27-4-3-23(39)13-28(27)38)19-45-7-8-46-25(17-45)18-47(37(46)51)24-10-20(15-40)11-26(14-24)53-30-5-2-21(35(48)49)12-22(30)16-41/h2-6,9-14,25,32H,7-8,17-19H2,1H3,(H,43,44)(H,48,49)/t25-,32-/m0/s1. The highest BCUT2D eigenvalue weighted by molar-refractivity contribution is 7.11. The lowest BCUT2D eigenvalue weighted by Crippen LogP contribution is -2.53. The first kappa shape index (κ1) is 36.0. The summed E-state index contributed by atoms with van der Waals surface area (Å²) in [7, 11) is 1.27. The topological polar surface area (TPSA) is 184 Å². The summed E-state index contributed by atoms with van der Waals surface area (Å²) in [5, 5.41) is 34.5. The average Bonchev–Trinajstić information content (AvgIpc) is 3.82. The van der Waals surface area contributed by atoms with Crippen molar-refractivity contribution in [2.45, 2.75) is 12.1 Å². The Morgan fingerprint density at radius 3 is 2.65 bits per heavy atom. The van der Waals surface area contributed by atoms with Crippen molar-refractivity contribution in [1.29, 1.82) is 10.5 Å². The van der Waals surface area contributed by atoms with E-state index in [0.29, 0.717) is 47.4 Å².